The number of nitrogens with zero attached hydrogens (tertiary/aromatic N) is 2. The van der Waals surface area contributed by atoms with E-state index < -0.39 is 5.97 Å². The molecule has 0 unspecified atom stereocenters. The van der Waals surface area contributed by atoms with Crippen LogP contribution >= 0.6 is 23.2 Å². The molecule has 128 valence electrons. The second kappa shape index (κ2) is 8.08. The average molecular weight is 371 g/mol. The summed E-state index contributed by atoms with van der Waals surface area (Å²) < 4.78 is 17.1. The predicted molar refractivity (Wildman–Crippen MR) is 90.5 cm³/mol. The lowest BCUT2D eigenvalue weighted by molar-refractivity contribution is -0.129. The number of halogens is 2. The van der Waals surface area contributed by atoms with Gasteiger partial charge in [0.2, 0.25) is 5.75 Å². The van der Waals surface area contributed by atoms with Gasteiger partial charge < -0.3 is 14.2 Å². The molecule has 0 atom stereocenters. The standard InChI is InChI=1S/C16H16Cl2N2O4/c1-10-15(23-9-11-8-12(17)4-5-13(11)18)16(20(2)19-10)24-14(21)6-7-22-3/h4-8H,9H2,1-3H3. The van der Waals surface area contributed by atoms with Crippen LogP contribution in [0.15, 0.2) is 30.5 Å². The number of aromatic nitrogens is 2. The van der Waals surface area contributed by atoms with E-state index in [1.54, 1.807) is 32.2 Å². The topological polar surface area (TPSA) is 62.6 Å². The molecule has 0 radical (unpaired) electrons. The van der Waals surface area contributed by atoms with Gasteiger partial charge in [0.15, 0.2) is 0 Å². The number of ether oxygens (including phenoxy) is 3. The zero-order valence-corrected chi connectivity index (χ0v) is 14.9. The third-order valence-corrected chi connectivity index (χ3v) is 3.64. The van der Waals surface area contributed by atoms with Crippen LogP contribution in [0.5, 0.6) is 11.6 Å². The summed E-state index contributed by atoms with van der Waals surface area (Å²) in [7, 11) is 3.08. The average Bonchev–Trinajstić information content (AvgIpc) is 2.80. The molecule has 1 aromatic heterocycles. The molecule has 24 heavy (non-hydrogen) atoms. The lowest BCUT2D eigenvalue weighted by Gasteiger charge is -2.10. The first kappa shape index (κ1) is 18.2. The molecule has 1 heterocycles. The summed E-state index contributed by atoms with van der Waals surface area (Å²) in [5, 5.41) is 5.28. The van der Waals surface area contributed by atoms with E-state index in [4.69, 9.17) is 32.7 Å². The number of aryl methyl sites for hydroxylation is 2. The Bertz CT molecular complexity index is 772. The Kier molecular flexibility index (Phi) is 6.11. The van der Waals surface area contributed by atoms with Gasteiger partial charge in [0, 0.05) is 22.7 Å². The Hall–Kier alpha value is -2.18. The van der Waals surface area contributed by atoms with Crippen molar-refractivity contribution in [1.29, 1.82) is 0 Å². The van der Waals surface area contributed by atoms with Crippen molar-refractivity contribution in [3.8, 4) is 11.6 Å². The number of hydrogen-bond acceptors (Lipinski definition) is 5. The van der Waals surface area contributed by atoms with Gasteiger partial charge in [-0.25, -0.2) is 9.48 Å². The summed E-state index contributed by atoms with van der Waals surface area (Å²) in [5.74, 6) is -0.0606. The number of methoxy groups -OCH3 is 1. The molecule has 0 aliphatic heterocycles. The normalized spacial score (nSPS) is 10.9. The van der Waals surface area contributed by atoms with Crippen LogP contribution in [-0.2, 0) is 23.2 Å². The maximum absolute atomic E-state index is 11.7. The minimum Gasteiger partial charge on any atom is -0.504 e. The third-order valence-electron chi connectivity index (χ3n) is 3.03. The van der Waals surface area contributed by atoms with Gasteiger partial charge in [-0.05, 0) is 25.1 Å². The quantitative estimate of drug-likeness (QED) is 0.440. The first-order valence-corrected chi connectivity index (χ1v) is 7.69. The molecular formula is C16H16Cl2N2O4. The first-order chi connectivity index (χ1) is 11.4. The molecule has 1 aromatic carbocycles. The minimum absolute atomic E-state index is 0.157. The van der Waals surface area contributed by atoms with Crippen molar-refractivity contribution in [3.63, 3.8) is 0 Å². The molecule has 0 bridgehead atoms. The number of esters is 1. The van der Waals surface area contributed by atoms with Gasteiger partial charge in [-0.3, -0.25) is 0 Å². The largest absolute Gasteiger partial charge is 0.504 e. The Morgan fingerprint density at radius 2 is 2.12 bits per heavy atom. The maximum Gasteiger partial charge on any atom is 0.340 e. The summed E-state index contributed by atoms with van der Waals surface area (Å²) in [6.07, 6.45) is 2.37. The molecule has 2 aromatic rings. The highest BCUT2D eigenvalue weighted by Crippen LogP contribution is 2.32. The van der Waals surface area contributed by atoms with Gasteiger partial charge >= 0.3 is 5.97 Å². The van der Waals surface area contributed by atoms with Gasteiger partial charge in [0.05, 0.1) is 19.4 Å². The summed E-state index contributed by atoms with van der Waals surface area (Å²) in [6, 6.07) is 5.09. The van der Waals surface area contributed by atoms with E-state index in [0.29, 0.717) is 27.1 Å². The second-order valence-electron chi connectivity index (χ2n) is 4.83. The number of carbonyl (C=O) groups is 1. The molecule has 0 saturated heterocycles. The van der Waals surface area contributed by atoms with E-state index in [2.05, 4.69) is 9.84 Å². The molecule has 0 aliphatic rings. The zero-order chi connectivity index (χ0) is 17.7. The van der Waals surface area contributed by atoms with Crippen LogP contribution in [-0.4, -0.2) is 22.9 Å². The van der Waals surface area contributed by atoms with Gasteiger partial charge in [0.25, 0.3) is 5.88 Å². The predicted octanol–water partition coefficient (Wildman–Crippen LogP) is 3.68. The third kappa shape index (κ3) is 4.43. The molecule has 0 aliphatic carbocycles. The summed E-state index contributed by atoms with van der Waals surface area (Å²) in [6.45, 7) is 1.90. The van der Waals surface area contributed by atoms with E-state index in [1.165, 1.54) is 18.1 Å². The van der Waals surface area contributed by atoms with E-state index in [0.717, 1.165) is 6.08 Å². The number of carbonyl (C=O) groups excluding carboxylic acids is 1. The SMILES string of the molecule is COC=CC(=O)Oc1c(OCc2cc(Cl)ccc2Cl)c(C)nn1C. The lowest BCUT2D eigenvalue weighted by atomic mass is 10.2. The number of rotatable bonds is 6. The minimum atomic E-state index is -0.606. The molecule has 8 heteroatoms. The monoisotopic (exact) mass is 370 g/mol. The fourth-order valence-electron chi connectivity index (χ4n) is 1.95. The van der Waals surface area contributed by atoms with Crippen LogP contribution < -0.4 is 9.47 Å². The van der Waals surface area contributed by atoms with E-state index in [1.807, 2.05) is 0 Å². The molecule has 0 N–H and O–H groups in total. The van der Waals surface area contributed by atoms with Crippen molar-refractivity contribution in [2.45, 2.75) is 13.5 Å². The van der Waals surface area contributed by atoms with Crippen molar-refractivity contribution in [2.75, 3.05) is 7.11 Å². The van der Waals surface area contributed by atoms with Crippen LogP contribution in [0, 0.1) is 6.92 Å². The highest BCUT2D eigenvalue weighted by Gasteiger charge is 2.19. The fourth-order valence-corrected chi connectivity index (χ4v) is 2.32. The van der Waals surface area contributed by atoms with Crippen LogP contribution in [0.1, 0.15) is 11.3 Å². The Balaban J connectivity index is 2.19. The van der Waals surface area contributed by atoms with Crippen molar-refractivity contribution in [1.82, 2.24) is 9.78 Å². The van der Waals surface area contributed by atoms with Crippen LogP contribution in [0.25, 0.3) is 0 Å². The molecule has 0 saturated carbocycles. The lowest BCUT2D eigenvalue weighted by Crippen LogP contribution is -2.09. The Labute approximate surface area is 149 Å². The van der Waals surface area contributed by atoms with E-state index in [-0.39, 0.29) is 12.5 Å². The van der Waals surface area contributed by atoms with Gasteiger partial charge in [-0.2, -0.15) is 5.10 Å². The van der Waals surface area contributed by atoms with Crippen LogP contribution in [0.4, 0.5) is 0 Å². The first-order valence-electron chi connectivity index (χ1n) is 6.94. The van der Waals surface area contributed by atoms with Gasteiger partial charge in [-0.1, -0.05) is 23.2 Å². The highest BCUT2D eigenvalue weighted by atomic mass is 35.5. The van der Waals surface area contributed by atoms with Crippen molar-refractivity contribution >= 4 is 29.2 Å². The molecule has 0 fully saturated rings. The summed E-state index contributed by atoms with van der Waals surface area (Å²) >= 11 is 12.1. The maximum atomic E-state index is 11.7. The smallest absolute Gasteiger partial charge is 0.340 e. The van der Waals surface area contributed by atoms with E-state index in [9.17, 15) is 4.79 Å². The Morgan fingerprint density at radius 1 is 1.38 bits per heavy atom. The Morgan fingerprint density at radius 3 is 2.83 bits per heavy atom. The molecule has 0 amide bonds. The number of benzene rings is 1. The fraction of sp³-hybridized carbons (Fsp3) is 0.250. The van der Waals surface area contributed by atoms with Crippen molar-refractivity contribution in [2.24, 2.45) is 7.05 Å². The van der Waals surface area contributed by atoms with Gasteiger partial charge in [0.1, 0.15) is 12.3 Å². The summed E-state index contributed by atoms with van der Waals surface area (Å²) in [4.78, 5) is 11.7. The molecule has 2 rings (SSSR count). The van der Waals surface area contributed by atoms with Crippen molar-refractivity contribution in [3.05, 3.63) is 51.8 Å². The molecule has 0 spiro atoms. The van der Waals surface area contributed by atoms with Gasteiger partial charge in [-0.15, -0.1) is 0 Å². The van der Waals surface area contributed by atoms with Crippen LogP contribution in [0.2, 0.25) is 10.0 Å². The highest BCUT2D eigenvalue weighted by molar-refractivity contribution is 6.33. The second-order valence-corrected chi connectivity index (χ2v) is 5.67. The number of hydrogen-bond donors (Lipinski definition) is 0. The van der Waals surface area contributed by atoms with Crippen molar-refractivity contribution < 1.29 is 19.0 Å². The summed E-state index contributed by atoms with van der Waals surface area (Å²) in [5.41, 5.74) is 1.29. The molecule has 6 nitrogen and oxygen atoms in total. The van der Waals surface area contributed by atoms with E-state index >= 15 is 0 Å². The molecular weight excluding hydrogens is 355 g/mol. The van der Waals surface area contributed by atoms with Crippen LogP contribution in [0.3, 0.4) is 0 Å². The zero-order valence-electron chi connectivity index (χ0n) is 13.4.